The lowest BCUT2D eigenvalue weighted by atomic mass is 9.99. The standard InChI is InChI=1S/C40H62O4/c1-11-29(2)17-12-18-30(3)19-13-20-31(4)21-14-22-32(5)23-15-24-33(6)25-16-26-34(7)27-28-36-35(8)37(41)39(43-9)40(44-10)38(36)42/h17,19,21,23,25,27,41-42H,11-16,18,20,22,24,26,28H2,1-10H3/b29-17-,30-19+,31-21+,32-23-,33-25+,34-27-. The Morgan fingerprint density at radius 2 is 0.841 bits per heavy atom. The molecule has 0 aliphatic heterocycles. The Hall–Kier alpha value is -3.14. The molecular formula is C40H62O4. The molecule has 246 valence electrons. The summed E-state index contributed by atoms with van der Waals surface area (Å²) >= 11 is 0. The summed E-state index contributed by atoms with van der Waals surface area (Å²) < 4.78 is 10.5. The van der Waals surface area contributed by atoms with Crippen LogP contribution in [0.15, 0.2) is 69.9 Å². The van der Waals surface area contributed by atoms with Crippen molar-refractivity contribution in [3.63, 3.8) is 0 Å². The average Bonchev–Trinajstić information content (AvgIpc) is 2.98. The Balaban J connectivity index is 2.43. The zero-order valence-electron chi connectivity index (χ0n) is 29.7. The molecule has 0 unspecified atom stereocenters. The Bertz CT molecular complexity index is 1220. The first-order valence-electron chi connectivity index (χ1n) is 16.5. The lowest BCUT2D eigenvalue weighted by Crippen LogP contribution is -1.98. The molecule has 0 bridgehead atoms. The molecule has 4 nitrogen and oxygen atoms in total. The third-order valence-corrected chi connectivity index (χ3v) is 8.51. The van der Waals surface area contributed by atoms with Crippen LogP contribution in [0, 0.1) is 6.92 Å². The first kappa shape index (κ1) is 38.9. The van der Waals surface area contributed by atoms with E-state index < -0.39 is 0 Å². The van der Waals surface area contributed by atoms with Crippen LogP contribution in [0.2, 0.25) is 0 Å². The van der Waals surface area contributed by atoms with E-state index >= 15 is 0 Å². The fraction of sp³-hybridized carbons (Fsp3) is 0.550. The van der Waals surface area contributed by atoms with Crippen LogP contribution in [0.25, 0.3) is 0 Å². The Morgan fingerprint density at radius 1 is 0.523 bits per heavy atom. The molecule has 0 fully saturated rings. The van der Waals surface area contributed by atoms with Crippen molar-refractivity contribution in [1.82, 2.24) is 0 Å². The number of methoxy groups -OCH3 is 2. The predicted octanol–water partition coefficient (Wildman–Crippen LogP) is 12.0. The number of rotatable bonds is 20. The number of hydrogen-bond donors (Lipinski definition) is 2. The molecule has 0 heterocycles. The summed E-state index contributed by atoms with van der Waals surface area (Å²) in [6, 6.07) is 0. The Morgan fingerprint density at radius 3 is 1.18 bits per heavy atom. The number of ether oxygens (including phenoxy) is 2. The minimum Gasteiger partial charge on any atom is -0.504 e. The normalized spacial score (nSPS) is 14.0. The summed E-state index contributed by atoms with van der Waals surface area (Å²) in [5.74, 6) is 0.359. The molecule has 1 rings (SSSR count). The first-order valence-corrected chi connectivity index (χ1v) is 16.5. The number of phenolic OH excluding ortho intramolecular Hbond substituents is 2. The van der Waals surface area contributed by atoms with Gasteiger partial charge in [0.1, 0.15) is 0 Å². The van der Waals surface area contributed by atoms with Crippen molar-refractivity contribution < 1.29 is 19.7 Å². The third kappa shape index (κ3) is 14.6. The maximum absolute atomic E-state index is 10.7. The van der Waals surface area contributed by atoms with E-state index in [1.807, 2.05) is 0 Å². The summed E-state index contributed by atoms with van der Waals surface area (Å²) in [5.41, 5.74) is 9.92. The van der Waals surface area contributed by atoms with Crippen molar-refractivity contribution >= 4 is 0 Å². The van der Waals surface area contributed by atoms with Crippen LogP contribution >= 0.6 is 0 Å². The molecule has 0 aliphatic rings. The van der Waals surface area contributed by atoms with Gasteiger partial charge in [-0.15, -0.1) is 0 Å². The molecule has 0 atom stereocenters. The molecule has 2 N–H and O–H groups in total. The highest BCUT2D eigenvalue weighted by Crippen LogP contribution is 2.48. The van der Waals surface area contributed by atoms with Crippen LogP contribution in [0.1, 0.15) is 130 Å². The van der Waals surface area contributed by atoms with Crippen LogP contribution in [-0.2, 0) is 6.42 Å². The number of aromatic hydroxyl groups is 2. The van der Waals surface area contributed by atoms with Gasteiger partial charge < -0.3 is 19.7 Å². The zero-order chi connectivity index (χ0) is 33.1. The average molecular weight is 607 g/mol. The van der Waals surface area contributed by atoms with Gasteiger partial charge in [-0.25, -0.2) is 0 Å². The minimum atomic E-state index is 0.00723. The number of hydrogen-bond acceptors (Lipinski definition) is 4. The fourth-order valence-electron chi connectivity index (χ4n) is 5.13. The second-order valence-electron chi connectivity index (χ2n) is 12.4. The quantitative estimate of drug-likeness (QED) is 0.114. The van der Waals surface area contributed by atoms with E-state index in [0.29, 0.717) is 17.5 Å². The van der Waals surface area contributed by atoms with Crippen LogP contribution in [-0.4, -0.2) is 24.4 Å². The van der Waals surface area contributed by atoms with Crippen LogP contribution in [0.4, 0.5) is 0 Å². The van der Waals surface area contributed by atoms with E-state index in [1.54, 1.807) is 6.92 Å². The molecule has 0 amide bonds. The monoisotopic (exact) mass is 606 g/mol. The van der Waals surface area contributed by atoms with Crippen molar-refractivity contribution in [2.75, 3.05) is 14.2 Å². The largest absolute Gasteiger partial charge is 0.504 e. The molecular weight excluding hydrogens is 544 g/mol. The highest BCUT2D eigenvalue weighted by molar-refractivity contribution is 5.66. The van der Waals surface area contributed by atoms with Crippen LogP contribution in [0.5, 0.6) is 23.0 Å². The maximum Gasteiger partial charge on any atom is 0.207 e. The molecule has 1 aromatic rings. The Kier molecular flexibility index (Phi) is 19.0. The van der Waals surface area contributed by atoms with Crippen molar-refractivity contribution in [2.24, 2.45) is 0 Å². The van der Waals surface area contributed by atoms with Gasteiger partial charge in [0.2, 0.25) is 11.5 Å². The first-order chi connectivity index (χ1) is 20.9. The van der Waals surface area contributed by atoms with E-state index in [4.69, 9.17) is 9.47 Å². The van der Waals surface area contributed by atoms with Crippen molar-refractivity contribution in [2.45, 2.75) is 132 Å². The molecule has 4 heteroatoms. The van der Waals surface area contributed by atoms with Gasteiger partial charge in [-0.05, 0) is 126 Å². The fourth-order valence-corrected chi connectivity index (χ4v) is 5.13. The highest BCUT2D eigenvalue weighted by atomic mass is 16.5. The second kappa shape index (κ2) is 21.5. The lowest BCUT2D eigenvalue weighted by Gasteiger charge is -2.17. The van der Waals surface area contributed by atoms with E-state index in [1.165, 1.54) is 54.1 Å². The minimum absolute atomic E-state index is 0.00723. The molecule has 44 heavy (non-hydrogen) atoms. The van der Waals surface area contributed by atoms with Gasteiger partial charge in [0.25, 0.3) is 0 Å². The topological polar surface area (TPSA) is 58.9 Å². The summed E-state index contributed by atoms with van der Waals surface area (Å²) in [6.45, 7) is 17.4. The molecule has 0 aromatic heterocycles. The zero-order valence-corrected chi connectivity index (χ0v) is 29.7. The molecule has 0 aliphatic carbocycles. The van der Waals surface area contributed by atoms with Crippen LogP contribution in [0.3, 0.4) is 0 Å². The summed E-state index contributed by atoms with van der Waals surface area (Å²) in [6.07, 6.45) is 26.8. The van der Waals surface area contributed by atoms with Gasteiger partial charge in [-0.2, -0.15) is 0 Å². The summed E-state index contributed by atoms with van der Waals surface area (Å²) in [5, 5.41) is 21.2. The maximum atomic E-state index is 10.7. The van der Waals surface area contributed by atoms with Gasteiger partial charge in [-0.3, -0.25) is 0 Å². The van der Waals surface area contributed by atoms with Gasteiger partial charge >= 0.3 is 0 Å². The van der Waals surface area contributed by atoms with Gasteiger partial charge in [-0.1, -0.05) is 76.8 Å². The number of allylic oxidation sites excluding steroid dienone is 12. The smallest absolute Gasteiger partial charge is 0.207 e. The second-order valence-corrected chi connectivity index (χ2v) is 12.4. The molecule has 0 spiro atoms. The highest BCUT2D eigenvalue weighted by Gasteiger charge is 2.22. The summed E-state index contributed by atoms with van der Waals surface area (Å²) in [7, 11) is 2.91. The molecule has 0 saturated heterocycles. The van der Waals surface area contributed by atoms with E-state index in [0.717, 1.165) is 64.2 Å². The predicted molar refractivity (Wildman–Crippen MR) is 190 cm³/mol. The van der Waals surface area contributed by atoms with Crippen molar-refractivity contribution in [1.29, 1.82) is 0 Å². The van der Waals surface area contributed by atoms with E-state index in [2.05, 4.69) is 84.9 Å². The molecule has 1 aromatic carbocycles. The molecule has 0 saturated carbocycles. The summed E-state index contributed by atoms with van der Waals surface area (Å²) in [4.78, 5) is 0. The van der Waals surface area contributed by atoms with Gasteiger partial charge in [0, 0.05) is 11.1 Å². The van der Waals surface area contributed by atoms with Crippen molar-refractivity contribution in [3.05, 3.63) is 81.0 Å². The Labute approximate surface area is 270 Å². The van der Waals surface area contributed by atoms with Crippen molar-refractivity contribution in [3.8, 4) is 23.0 Å². The lowest BCUT2D eigenvalue weighted by molar-refractivity contribution is 0.314. The number of benzene rings is 1. The molecule has 0 radical (unpaired) electrons. The van der Waals surface area contributed by atoms with E-state index in [-0.39, 0.29) is 23.0 Å². The van der Waals surface area contributed by atoms with Gasteiger partial charge in [0.05, 0.1) is 14.2 Å². The van der Waals surface area contributed by atoms with E-state index in [9.17, 15) is 10.2 Å². The SMILES string of the molecule is CC/C(C)=C\CC/C(C)=C/CC/C(C)=C/CC/C(C)=C\CC/C(C)=C/CC/C(C)=C\Cc1c(C)c(O)c(OC)c(OC)c1O. The number of phenols is 2. The third-order valence-electron chi connectivity index (χ3n) is 8.51. The van der Waals surface area contributed by atoms with Gasteiger partial charge in [0.15, 0.2) is 11.5 Å². The van der Waals surface area contributed by atoms with Crippen LogP contribution < -0.4 is 9.47 Å².